The molecule has 1 aromatic carbocycles. The summed E-state index contributed by atoms with van der Waals surface area (Å²) in [5.74, 6) is 0.479. The van der Waals surface area contributed by atoms with Gasteiger partial charge in [-0.05, 0) is 36.2 Å². The second kappa shape index (κ2) is 7.33. The molecule has 0 saturated heterocycles. The summed E-state index contributed by atoms with van der Waals surface area (Å²) >= 11 is 5.82. The Kier molecular flexibility index (Phi) is 5.13. The first-order valence-electron chi connectivity index (χ1n) is 7.65. The van der Waals surface area contributed by atoms with Crippen molar-refractivity contribution in [2.45, 2.75) is 25.6 Å². The number of aryl methyl sites for hydroxylation is 2. The van der Waals surface area contributed by atoms with Crippen molar-refractivity contribution in [1.29, 1.82) is 0 Å². The van der Waals surface area contributed by atoms with Gasteiger partial charge in [0.05, 0.1) is 0 Å². The van der Waals surface area contributed by atoms with E-state index in [-0.39, 0.29) is 12.4 Å². The third-order valence-electron chi connectivity index (χ3n) is 3.69. The normalized spacial score (nSPS) is 11.7. The molecule has 26 heavy (non-hydrogen) atoms. The Balaban J connectivity index is 1.69. The SMILES string of the molecule is O=c1c(C(F)(F)F)cccn1Cc1nc(CCc2ccc(Cl)cc2)no1. The number of aromatic nitrogens is 3. The summed E-state index contributed by atoms with van der Waals surface area (Å²) in [5, 5.41) is 4.44. The molecule has 2 heterocycles. The van der Waals surface area contributed by atoms with Crippen molar-refractivity contribution < 1.29 is 17.7 Å². The lowest BCUT2D eigenvalue weighted by Gasteiger charge is -2.08. The van der Waals surface area contributed by atoms with E-state index >= 15 is 0 Å². The third-order valence-corrected chi connectivity index (χ3v) is 3.94. The number of pyridine rings is 1. The van der Waals surface area contributed by atoms with Crippen LogP contribution < -0.4 is 5.56 Å². The van der Waals surface area contributed by atoms with E-state index < -0.39 is 17.3 Å². The van der Waals surface area contributed by atoms with Gasteiger partial charge in [-0.2, -0.15) is 18.2 Å². The molecular weight excluding hydrogens is 371 g/mol. The number of nitrogens with zero attached hydrogens (tertiary/aromatic N) is 3. The van der Waals surface area contributed by atoms with Crippen molar-refractivity contribution in [1.82, 2.24) is 14.7 Å². The fourth-order valence-corrected chi connectivity index (χ4v) is 2.51. The molecule has 3 aromatic rings. The summed E-state index contributed by atoms with van der Waals surface area (Å²) in [4.78, 5) is 16.0. The highest BCUT2D eigenvalue weighted by molar-refractivity contribution is 6.30. The first-order chi connectivity index (χ1) is 12.3. The van der Waals surface area contributed by atoms with Crippen molar-refractivity contribution in [3.05, 3.63) is 80.8 Å². The predicted octanol–water partition coefficient (Wildman–Crippen LogP) is 3.74. The summed E-state index contributed by atoms with van der Waals surface area (Å²) in [6.45, 7) is -0.225. The predicted molar refractivity (Wildman–Crippen MR) is 88.0 cm³/mol. The maximum Gasteiger partial charge on any atom is 0.421 e. The molecule has 0 N–H and O–H groups in total. The molecular formula is C17H13ClF3N3O2. The standard InChI is InChI=1S/C17H13ClF3N3O2/c18-12-6-3-11(4-7-12)5-8-14-22-15(26-23-14)10-24-9-1-2-13(16(24)25)17(19,20)21/h1-4,6-7,9H,5,8,10H2. The third kappa shape index (κ3) is 4.32. The molecule has 0 aliphatic rings. The van der Waals surface area contributed by atoms with Crippen LogP contribution in [0.1, 0.15) is 22.8 Å². The van der Waals surface area contributed by atoms with Gasteiger partial charge in [-0.15, -0.1) is 0 Å². The molecule has 2 aromatic heterocycles. The minimum Gasteiger partial charge on any atom is -0.337 e. The first-order valence-corrected chi connectivity index (χ1v) is 8.03. The topological polar surface area (TPSA) is 60.9 Å². The Morgan fingerprint density at radius 3 is 2.54 bits per heavy atom. The zero-order chi connectivity index (χ0) is 18.7. The molecule has 3 rings (SSSR count). The Morgan fingerprint density at radius 1 is 1.12 bits per heavy atom. The molecule has 0 spiro atoms. The van der Waals surface area contributed by atoms with E-state index in [1.165, 1.54) is 6.20 Å². The van der Waals surface area contributed by atoms with Crippen molar-refractivity contribution >= 4 is 11.6 Å². The minimum atomic E-state index is -4.71. The van der Waals surface area contributed by atoms with E-state index in [9.17, 15) is 18.0 Å². The molecule has 9 heteroatoms. The molecule has 0 bridgehead atoms. The number of rotatable bonds is 5. The van der Waals surface area contributed by atoms with E-state index in [4.69, 9.17) is 16.1 Å². The Bertz CT molecular complexity index is 949. The van der Waals surface area contributed by atoms with E-state index in [1.807, 2.05) is 12.1 Å². The summed E-state index contributed by atoms with van der Waals surface area (Å²) in [7, 11) is 0. The lowest BCUT2D eigenvalue weighted by molar-refractivity contribution is -0.139. The quantitative estimate of drug-likeness (QED) is 0.673. The van der Waals surface area contributed by atoms with E-state index in [1.54, 1.807) is 12.1 Å². The van der Waals surface area contributed by atoms with Crippen molar-refractivity contribution in [2.24, 2.45) is 0 Å². The van der Waals surface area contributed by atoms with Gasteiger partial charge < -0.3 is 9.09 Å². The molecule has 0 unspecified atom stereocenters. The second-order valence-electron chi connectivity index (χ2n) is 5.58. The second-order valence-corrected chi connectivity index (χ2v) is 6.02. The van der Waals surface area contributed by atoms with Crippen LogP contribution in [-0.4, -0.2) is 14.7 Å². The van der Waals surface area contributed by atoms with Crippen molar-refractivity contribution in [2.75, 3.05) is 0 Å². The van der Waals surface area contributed by atoms with Gasteiger partial charge in [-0.3, -0.25) is 4.79 Å². The molecule has 0 saturated carbocycles. The Morgan fingerprint density at radius 2 is 1.85 bits per heavy atom. The van der Waals surface area contributed by atoms with Crippen LogP contribution in [0.3, 0.4) is 0 Å². The van der Waals surface area contributed by atoms with Gasteiger partial charge in [0.25, 0.3) is 5.56 Å². The van der Waals surface area contributed by atoms with Gasteiger partial charge >= 0.3 is 6.18 Å². The van der Waals surface area contributed by atoms with Crippen LogP contribution in [0.4, 0.5) is 13.2 Å². The number of alkyl halides is 3. The summed E-state index contributed by atoms with van der Waals surface area (Å²) in [5.41, 5.74) is -1.35. The summed E-state index contributed by atoms with van der Waals surface area (Å²) in [6.07, 6.45) is -2.32. The number of hydrogen-bond donors (Lipinski definition) is 0. The minimum absolute atomic E-state index is 0.0672. The number of halogens is 4. The van der Waals surface area contributed by atoms with Gasteiger partial charge in [0.1, 0.15) is 12.1 Å². The van der Waals surface area contributed by atoms with Crippen LogP contribution in [0.5, 0.6) is 0 Å². The molecule has 0 amide bonds. The highest BCUT2D eigenvalue weighted by Gasteiger charge is 2.34. The Labute approximate surface area is 151 Å². The molecule has 0 radical (unpaired) electrons. The van der Waals surface area contributed by atoms with Crippen LogP contribution in [0.25, 0.3) is 0 Å². The highest BCUT2D eigenvalue weighted by Crippen LogP contribution is 2.26. The van der Waals surface area contributed by atoms with Gasteiger partial charge in [0, 0.05) is 17.6 Å². The van der Waals surface area contributed by atoms with Crippen LogP contribution in [0.15, 0.2) is 51.9 Å². The Hall–Kier alpha value is -2.61. The average Bonchev–Trinajstić information content (AvgIpc) is 3.03. The van der Waals surface area contributed by atoms with Crippen LogP contribution >= 0.6 is 11.6 Å². The van der Waals surface area contributed by atoms with Crippen molar-refractivity contribution in [3.8, 4) is 0 Å². The fourth-order valence-electron chi connectivity index (χ4n) is 2.39. The van der Waals surface area contributed by atoms with E-state index in [0.29, 0.717) is 23.7 Å². The van der Waals surface area contributed by atoms with Gasteiger partial charge in [0.15, 0.2) is 5.82 Å². The van der Waals surface area contributed by atoms with Crippen LogP contribution in [0.2, 0.25) is 5.02 Å². The zero-order valence-corrected chi connectivity index (χ0v) is 14.1. The highest BCUT2D eigenvalue weighted by atomic mass is 35.5. The smallest absolute Gasteiger partial charge is 0.337 e. The van der Waals surface area contributed by atoms with Gasteiger partial charge in [-0.1, -0.05) is 28.9 Å². The molecule has 5 nitrogen and oxygen atoms in total. The molecule has 0 fully saturated rings. The number of hydrogen-bond acceptors (Lipinski definition) is 4. The number of benzene rings is 1. The van der Waals surface area contributed by atoms with Crippen LogP contribution in [-0.2, 0) is 25.6 Å². The first kappa shape index (κ1) is 18.2. The molecule has 0 aliphatic carbocycles. The molecule has 136 valence electrons. The van der Waals surface area contributed by atoms with Crippen LogP contribution in [0, 0.1) is 0 Å². The zero-order valence-electron chi connectivity index (χ0n) is 13.3. The van der Waals surface area contributed by atoms with E-state index in [0.717, 1.165) is 22.3 Å². The largest absolute Gasteiger partial charge is 0.421 e. The van der Waals surface area contributed by atoms with Gasteiger partial charge in [-0.25, -0.2) is 0 Å². The fraction of sp³-hybridized carbons (Fsp3) is 0.235. The monoisotopic (exact) mass is 383 g/mol. The molecule has 0 aliphatic heterocycles. The summed E-state index contributed by atoms with van der Waals surface area (Å²) in [6, 6.07) is 9.21. The van der Waals surface area contributed by atoms with Crippen molar-refractivity contribution in [3.63, 3.8) is 0 Å². The average molecular weight is 384 g/mol. The lowest BCUT2D eigenvalue weighted by Crippen LogP contribution is -2.28. The van der Waals surface area contributed by atoms with Gasteiger partial charge in [0.2, 0.25) is 5.89 Å². The molecule has 0 atom stereocenters. The maximum atomic E-state index is 12.8. The maximum absolute atomic E-state index is 12.8. The lowest BCUT2D eigenvalue weighted by atomic mass is 10.1. The summed E-state index contributed by atoms with van der Waals surface area (Å²) < 4.78 is 44.3. The van der Waals surface area contributed by atoms with E-state index in [2.05, 4.69) is 10.1 Å².